The number of nitrogens with one attached hydrogen (secondary N) is 1. The van der Waals surface area contributed by atoms with Gasteiger partial charge in [0.25, 0.3) is 0 Å². The van der Waals surface area contributed by atoms with Crippen molar-refractivity contribution in [3.63, 3.8) is 0 Å². The van der Waals surface area contributed by atoms with Gasteiger partial charge in [0.2, 0.25) is 5.91 Å². The lowest BCUT2D eigenvalue weighted by atomic mass is 10.1. The number of nitro groups is 1. The van der Waals surface area contributed by atoms with E-state index in [1.807, 2.05) is 0 Å². The van der Waals surface area contributed by atoms with Crippen LogP contribution in [0.1, 0.15) is 13.3 Å². The second-order valence-electron chi connectivity index (χ2n) is 4.14. The molecule has 2 N–H and O–H groups in total. The van der Waals surface area contributed by atoms with Crippen LogP contribution < -0.4 is 5.32 Å². The van der Waals surface area contributed by atoms with Crippen molar-refractivity contribution < 1.29 is 19.6 Å². The number of carbonyl (C=O) groups excluding carboxylic acids is 1. The zero-order valence-electron chi connectivity index (χ0n) is 10.3. The Kier molecular flexibility index (Phi) is 4.98. The van der Waals surface area contributed by atoms with E-state index < -0.39 is 10.9 Å². The smallest absolute Gasteiger partial charge is 0.389 e. The molecule has 0 saturated heterocycles. The van der Waals surface area contributed by atoms with Gasteiger partial charge in [-0.05, 0) is 10.8 Å². The Bertz CT molecular complexity index is 484. The standard InChI is InChI=1S/C10H14N4O5/c1-7(4-10(16)17)5-11-9(15)6-13-3-2-8(12-13)14(18)19/h2-3,7H,4-6H2,1H3,(H,11,15)(H,16,17). The summed E-state index contributed by atoms with van der Waals surface area (Å²) in [5.74, 6) is -1.82. The van der Waals surface area contributed by atoms with Crippen molar-refractivity contribution in [3.8, 4) is 0 Å². The maximum atomic E-state index is 11.5. The molecule has 104 valence electrons. The van der Waals surface area contributed by atoms with E-state index in [1.165, 1.54) is 12.3 Å². The van der Waals surface area contributed by atoms with Crippen LogP contribution in [-0.2, 0) is 16.1 Å². The van der Waals surface area contributed by atoms with Crippen LogP contribution in [-0.4, -0.2) is 38.2 Å². The highest BCUT2D eigenvalue weighted by atomic mass is 16.6. The molecule has 0 radical (unpaired) electrons. The van der Waals surface area contributed by atoms with Gasteiger partial charge in [0, 0.05) is 13.0 Å². The number of amides is 1. The lowest BCUT2D eigenvalue weighted by Gasteiger charge is -2.09. The molecule has 19 heavy (non-hydrogen) atoms. The Hall–Kier alpha value is -2.45. The fourth-order valence-corrected chi connectivity index (χ4v) is 1.40. The zero-order valence-corrected chi connectivity index (χ0v) is 10.3. The molecular weight excluding hydrogens is 256 g/mol. The van der Waals surface area contributed by atoms with Crippen LogP contribution in [0.4, 0.5) is 5.82 Å². The molecule has 1 rings (SSSR count). The van der Waals surface area contributed by atoms with Gasteiger partial charge in [0.05, 0.1) is 17.4 Å². The van der Waals surface area contributed by atoms with Crippen molar-refractivity contribution >= 4 is 17.7 Å². The van der Waals surface area contributed by atoms with E-state index in [1.54, 1.807) is 6.92 Å². The Morgan fingerprint density at radius 2 is 2.32 bits per heavy atom. The summed E-state index contributed by atoms with van der Waals surface area (Å²) in [6.07, 6.45) is 1.30. The third kappa shape index (κ3) is 5.15. The van der Waals surface area contributed by atoms with E-state index in [9.17, 15) is 19.7 Å². The van der Waals surface area contributed by atoms with Gasteiger partial charge in [-0.15, -0.1) is 0 Å². The van der Waals surface area contributed by atoms with Gasteiger partial charge in [-0.25, -0.2) is 0 Å². The minimum absolute atomic E-state index is 0.0342. The van der Waals surface area contributed by atoms with Crippen molar-refractivity contribution in [1.29, 1.82) is 0 Å². The van der Waals surface area contributed by atoms with Gasteiger partial charge in [0.1, 0.15) is 6.54 Å². The average molecular weight is 270 g/mol. The van der Waals surface area contributed by atoms with E-state index in [0.717, 1.165) is 4.68 Å². The molecular formula is C10H14N4O5. The third-order valence-electron chi connectivity index (χ3n) is 2.29. The molecule has 9 nitrogen and oxygen atoms in total. The summed E-state index contributed by atoms with van der Waals surface area (Å²) in [5.41, 5.74) is 0. The van der Waals surface area contributed by atoms with E-state index in [-0.39, 0.29) is 37.2 Å². The first kappa shape index (κ1) is 14.6. The van der Waals surface area contributed by atoms with Gasteiger partial charge in [-0.1, -0.05) is 6.92 Å². The predicted octanol–water partition coefficient (Wildman–Crippen LogP) is 0.0183. The second-order valence-corrected chi connectivity index (χ2v) is 4.14. The normalized spacial score (nSPS) is 11.8. The van der Waals surface area contributed by atoms with Crippen molar-refractivity contribution in [2.45, 2.75) is 19.9 Å². The van der Waals surface area contributed by atoms with Crippen LogP contribution in [0, 0.1) is 16.0 Å². The summed E-state index contributed by atoms with van der Waals surface area (Å²) in [5, 5.41) is 25.1. The monoisotopic (exact) mass is 270 g/mol. The number of carboxylic acids is 1. The summed E-state index contributed by atoms with van der Waals surface area (Å²) in [7, 11) is 0. The molecule has 1 atom stereocenters. The highest BCUT2D eigenvalue weighted by Crippen LogP contribution is 2.05. The van der Waals surface area contributed by atoms with E-state index in [2.05, 4.69) is 10.4 Å². The molecule has 1 aromatic rings. The topological polar surface area (TPSA) is 127 Å². The molecule has 1 aromatic heterocycles. The first-order valence-electron chi connectivity index (χ1n) is 5.55. The quantitative estimate of drug-likeness (QED) is 0.531. The Morgan fingerprint density at radius 1 is 1.63 bits per heavy atom. The average Bonchev–Trinajstić information content (AvgIpc) is 2.74. The van der Waals surface area contributed by atoms with Crippen molar-refractivity contribution in [1.82, 2.24) is 15.1 Å². The summed E-state index contributed by atoms with van der Waals surface area (Å²) in [6.45, 7) is 1.79. The predicted molar refractivity (Wildman–Crippen MR) is 63.3 cm³/mol. The number of carboxylic acid groups (broad SMARTS) is 1. The molecule has 1 heterocycles. The fraction of sp³-hybridized carbons (Fsp3) is 0.500. The maximum Gasteiger partial charge on any atom is 0.389 e. The molecule has 1 unspecified atom stereocenters. The molecule has 9 heteroatoms. The molecule has 0 bridgehead atoms. The Labute approximate surface area is 108 Å². The first-order chi connectivity index (χ1) is 8.88. The van der Waals surface area contributed by atoms with E-state index in [4.69, 9.17) is 5.11 Å². The number of hydrogen-bond donors (Lipinski definition) is 2. The second kappa shape index (κ2) is 6.47. The molecule has 0 aliphatic heterocycles. The summed E-state index contributed by atoms with van der Waals surface area (Å²) >= 11 is 0. The lowest BCUT2D eigenvalue weighted by Crippen LogP contribution is -2.32. The van der Waals surface area contributed by atoms with Gasteiger partial charge in [-0.3, -0.25) is 9.59 Å². The minimum atomic E-state index is -0.926. The van der Waals surface area contributed by atoms with Crippen LogP contribution in [0.25, 0.3) is 0 Å². The van der Waals surface area contributed by atoms with E-state index in [0.29, 0.717) is 0 Å². The van der Waals surface area contributed by atoms with Crippen molar-refractivity contribution in [2.24, 2.45) is 5.92 Å². The highest BCUT2D eigenvalue weighted by Gasteiger charge is 2.14. The van der Waals surface area contributed by atoms with Crippen LogP contribution in [0.2, 0.25) is 0 Å². The number of nitrogens with zero attached hydrogens (tertiary/aromatic N) is 3. The highest BCUT2D eigenvalue weighted by molar-refractivity contribution is 5.75. The van der Waals surface area contributed by atoms with Gasteiger partial charge >= 0.3 is 11.8 Å². The Balaban J connectivity index is 2.38. The van der Waals surface area contributed by atoms with E-state index >= 15 is 0 Å². The van der Waals surface area contributed by atoms with Crippen LogP contribution in [0.5, 0.6) is 0 Å². The number of rotatable bonds is 7. The third-order valence-corrected chi connectivity index (χ3v) is 2.29. The van der Waals surface area contributed by atoms with Crippen LogP contribution in [0.15, 0.2) is 12.3 Å². The SMILES string of the molecule is CC(CNC(=O)Cn1ccc([N+](=O)[O-])n1)CC(=O)O. The number of aliphatic carboxylic acids is 1. The number of carbonyl (C=O) groups is 2. The molecule has 1 amide bonds. The largest absolute Gasteiger partial charge is 0.481 e. The molecule has 0 aromatic carbocycles. The maximum absolute atomic E-state index is 11.5. The van der Waals surface area contributed by atoms with Gasteiger partial charge in [-0.2, -0.15) is 4.68 Å². The molecule has 0 aliphatic carbocycles. The summed E-state index contributed by atoms with van der Waals surface area (Å²) < 4.78 is 1.15. The number of aromatic nitrogens is 2. The Morgan fingerprint density at radius 3 is 2.84 bits per heavy atom. The van der Waals surface area contributed by atoms with Crippen molar-refractivity contribution in [2.75, 3.05) is 6.54 Å². The number of hydrogen-bond acceptors (Lipinski definition) is 5. The summed E-state index contributed by atoms with van der Waals surface area (Å²) in [4.78, 5) is 31.7. The molecule has 0 aliphatic rings. The first-order valence-corrected chi connectivity index (χ1v) is 5.55. The van der Waals surface area contributed by atoms with Crippen LogP contribution >= 0.6 is 0 Å². The zero-order chi connectivity index (χ0) is 14.4. The fourth-order valence-electron chi connectivity index (χ4n) is 1.40. The summed E-state index contributed by atoms with van der Waals surface area (Å²) in [6, 6.07) is 1.19. The van der Waals surface area contributed by atoms with Crippen LogP contribution in [0.3, 0.4) is 0 Å². The van der Waals surface area contributed by atoms with Gasteiger partial charge < -0.3 is 20.5 Å². The minimum Gasteiger partial charge on any atom is -0.481 e. The molecule has 0 spiro atoms. The van der Waals surface area contributed by atoms with Crippen molar-refractivity contribution in [3.05, 3.63) is 22.4 Å². The van der Waals surface area contributed by atoms with Gasteiger partial charge in [0.15, 0.2) is 0 Å². The lowest BCUT2D eigenvalue weighted by molar-refractivity contribution is -0.389. The molecule has 0 fully saturated rings. The molecule has 0 saturated carbocycles.